The molecule has 1 aromatic heterocycles. The number of ether oxygens (including phenoxy) is 1. The molecule has 5 nitrogen and oxygen atoms in total. The molecular formula is C18H24N2O3S. The van der Waals surface area contributed by atoms with Crippen LogP contribution in [0.25, 0.3) is 0 Å². The van der Waals surface area contributed by atoms with Gasteiger partial charge in [0.1, 0.15) is 5.03 Å². The Morgan fingerprint density at radius 2 is 2.21 bits per heavy atom. The minimum atomic E-state index is -0.336. The number of nitrogens with one attached hydrogen (secondary N) is 1. The zero-order valence-corrected chi connectivity index (χ0v) is 14.9. The van der Waals surface area contributed by atoms with Gasteiger partial charge in [-0.15, -0.1) is 0 Å². The number of hydrogen-bond donors (Lipinski definition) is 1. The molecule has 2 heterocycles. The number of rotatable bonds is 5. The van der Waals surface area contributed by atoms with E-state index in [1.54, 1.807) is 13.3 Å². The molecule has 0 bridgehead atoms. The van der Waals surface area contributed by atoms with Gasteiger partial charge in [-0.3, -0.25) is 9.59 Å². The van der Waals surface area contributed by atoms with E-state index in [1.165, 1.54) is 18.2 Å². The first-order valence-corrected chi connectivity index (χ1v) is 9.45. The molecule has 1 amide bonds. The fraction of sp³-hybridized carbons (Fsp3) is 0.611. The molecule has 1 unspecified atom stereocenters. The van der Waals surface area contributed by atoms with Crippen molar-refractivity contribution in [2.24, 2.45) is 0 Å². The van der Waals surface area contributed by atoms with Crippen LogP contribution in [0.5, 0.6) is 0 Å². The molecule has 0 aromatic carbocycles. The maximum absolute atomic E-state index is 12.3. The highest BCUT2D eigenvalue weighted by atomic mass is 32.2. The number of ketones is 1. The van der Waals surface area contributed by atoms with Crippen molar-refractivity contribution in [3.05, 3.63) is 23.9 Å². The first-order valence-electron chi connectivity index (χ1n) is 8.57. The van der Waals surface area contributed by atoms with Gasteiger partial charge in [-0.05, 0) is 24.5 Å². The van der Waals surface area contributed by atoms with E-state index in [2.05, 4.69) is 10.3 Å². The lowest BCUT2D eigenvalue weighted by molar-refractivity contribution is -0.126. The lowest BCUT2D eigenvalue weighted by Gasteiger charge is -2.36. The molecule has 0 saturated heterocycles. The Morgan fingerprint density at radius 1 is 1.42 bits per heavy atom. The van der Waals surface area contributed by atoms with Crippen LogP contribution in [-0.2, 0) is 20.7 Å². The molecule has 130 valence electrons. The molecule has 0 radical (unpaired) electrons. The van der Waals surface area contributed by atoms with Gasteiger partial charge in [0, 0.05) is 32.7 Å². The van der Waals surface area contributed by atoms with Gasteiger partial charge >= 0.3 is 0 Å². The molecule has 1 N–H and O–H groups in total. The molecule has 1 aromatic rings. The van der Waals surface area contributed by atoms with Gasteiger partial charge in [0.2, 0.25) is 5.91 Å². The van der Waals surface area contributed by atoms with Gasteiger partial charge in [-0.1, -0.05) is 37.1 Å². The quantitative estimate of drug-likeness (QED) is 0.885. The number of fused-ring (bicyclic) bond motifs is 1. The monoisotopic (exact) mass is 348 g/mol. The predicted molar refractivity (Wildman–Crippen MR) is 93.0 cm³/mol. The van der Waals surface area contributed by atoms with E-state index in [9.17, 15) is 9.59 Å². The van der Waals surface area contributed by atoms with Crippen LogP contribution in [0.2, 0.25) is 0 Å². The van der Waals surface area contributed by atoms with Crippen LogP contribution in [0.15, 0.2) is 23.4 Å². The van der Waals surface area contributed by atoms with Crippen LogP contribution in [-0.4, -0.2) is 41.2 Å². The maximum atomic E-state index is 12.3. The number of hydrogen-bond acceptors (Lipinski definition) is 5. The summed E-state index contributed by atoms with van der Waals surface area (Å²) in [5.74, 6) is 0.0250. The van der Waals surface area contributed by atoms with Crippen LogP contribution >= 0.6 is 11.8 Å². The van der Waals surface area contributed by atoms with E-state index in [1.807, 2.05) is 12.1 Å². The summed E-state index contributed by atoms with van der Waals surface area (Å²) in [6, 6.07) is 3.77. The van der Waals surface area contributed by atoms with Gasteiger partial charge in [-0.2, -0.15) is 0 Å². The minimum Gasteiger partial charge on any atom is -0.376 e. The van der Waals surface area contributed by atoms with Gasteiger partial charge in [0.25, 0.3) is 0 Å². The topological polar surface area (TPSA) is 68.3 Å². The molecule has 6 heteroatoms. The molecule has 2 aliphatic rings. The summed E-state index contributed by atoms with van der Waals surface area (Å²) in [7, 11) is 1.72. The zero-order chi connectivity index (χ0) is 17.0. The molecule has 1 fully saturated rings. The zero-order valence-electron chi connectivity index (χ0n) is 14.0. The van der Waals surface area contributed by atoms with Crippen molar-refractivity contribution in [3.8, 4) is 0 Å². The Bertz CT molecular complexity index is 614. The summed E-state index contributed by atoms with van der Waals surface area (Å²) in [5.41, 5.74) is 0.732. The number of thioether (sulfide) groups is 1. The summed E-state index contributed by atoms with van der Waals surface area (Å²) in [6.45, 7) is 0.531. The van der Waals surface area contributed by atoms with E-state index in [0.29, 0.717) is 13.0 Å². The van der Waals surface area contributed by atoms with Gasteiger partial charge < -0.3 is 10.1 Å². The van der Waals surface area contributed by atoms with Crippen LogP contribution in [0.3, 0.4) is 0 Å². The number of pyridine rings is 1. The van der Waals surface area contributed by atoms with Crippen molar-refractivity contribution >= 4 is 23.5 Å². The maximum Gasteiger partial charge on any atom is 0.221 e. The SMILES string of the molecule is COC1(CNC(=O)CC2Sc3ncccc3CC2=O)CCCCC1. The third kappa shape index (κ3) is 3.98. The highest BCUT2D eigenvalue weighted by molar-refractivity contribution is 8.00. The van der Waals surface area contributed by atoms with Crippen molar-refractivity contribution in [2.45, 2.75) is 60.8 Å². The second-order valence-electron chi connectivity index (χ2n) is 6.65. The largest absolute Gasteiger partial charge is 0.376 e. The molecule has 3 rings (SSSR count). The molecule has 24 heavy (non-hydrogen) atoms. The third-order valence-electron chi connectivity index (χ3n) is 5.00. The molecule has 1 saturated carbocycles. The van der Waals surface area contributed by atoms with Gasteiger partial charge in [0.05, 0.1) is 10.9 Å². The van der Waals surface area contributed by atoms with E-state index < -0.39 is 0 Å². The molecular weight excluding hydrogens is 324 g/mol. The molecule has 1 aliphatic heterocycles. The summed E-state index contributed by atoms with van der Waals surface area (Å²) in [4.78, 5) is 28.9. The first-order chi connectivity index (χ1) is 11.6. The second kappa shape index (κ2) is 7.66. The van der Waals surface area contributed by atoms with Crippen LogP contribution < -0.4 is 5.32 Å². The molecule has 0 spiro atoms. The summed E-state index contributed by atoms with van der Waals surface area (Å²) in [6.07, 6.45) is 7.79. The molecule has 1 atom stereocenters. The summed E-state index contributed by atoms with van der Waals surface area (Å²) in [5, 5.41) is 3.52. The predicted octanol–water partition coefficient (Wildman–Crippen LogP) is 2.52. The first kappa shape index (κ1) is 17.4. The number of nitrogens with zero attached hydrogens (tertiary/aromatic N) is 1. The highest BCUT2D eigenvalue weighted by Crippen LogP contribution is 2.33. The van der Waals surface area contributed by atoms with E-state index in [0.717, 1.165) is 36.3 Å². The average molecular weight is 348 g/mol. The second-order valence-corrected chi connectivity index (χ2v) is 7.84. The van der Waals surface area contributed by atoms with Crippen molar-refractivity contribution in [2.75, 3.05) is 13.7 Å². The Hall–Kier alpha value is -1.40. The van der Waals surface area contributed by atoms with Crippen molar-refractivity contribution in [1.82, 2.24) is 10.3 Å². The average Bonchev–Trinajstić information content (AvgIpc) is 2.61. The van der Waals surface area contributed by atoms with Crippen molar-refractivity contribution in [1.29, 1.82) is 0 Å². The smallest absolute Gasteiger partial charge is 0.221 e. The number of amides is 1. The summed E-state index contributed by atoms with van der Waals surface area (Å²) >= 11 is 1.41. The number of carbonyl (C=O) groups excluding carboxylic acids is 2. The fourth-order valence-corrected chi connectivity index (χ4v) is 4.60. The number of aromatic nitrogens is 1. The van der Waals surface area contributed by atoms with E-state index in [-0.39, 0.29) is 29.0 Å². The van der Waals surface area contributed by atoms with Crippen molar-refractivity contribution < 1.29 is 14.3 Å². The fourth-order valence-electron chi connectivity index (χ4n) is 3.47. The van der Waals surface area contributed by atoms with E-state index in [4.69, 9.17) is 4.74 Å². The lowest BCUT2D eigenvalue weighted by Crippen LogP contribution is -2.46. The lowest BCUT2D eigenvalue weighted by atomic mass is 9.84. The standard InChI is InChI=1S/C18H24N2O3S/c1-23-18(7-3-2-4-8-18)12-20-16(22)11-15-14(21)10-13-6-5-9-19-17(13)24-15/h5-6,9,15H,2-4,7-8,10-12H2,1H3,(H,20,22). The minimum absolute atomic E-state index is 0.0813. The number of methoxy groups -OCH3 is 1. The van der Waals surface area contributed by atoms with Crippen LogP contribution in [0, 0.1) is 0 Å². The summed E-state index contributed by atoms with van der Waals surface area (Å²) < 4.78 is 5.69. The van der Waals surface area contributed by atoms with Crippen LogP contribution in [0.4, 0.5) is 0 Å². The van der Waals surface area contributed by atoms with Gasteiger partial charge in [-0.25, -0.2) is 4.98 Å². The highest BCUT2D eigenvalue weighted by Gasteiger charge is 2.33. The van der Waals surface area contributed by atoms with Crippen LogP contribution in [0.1, 0.15) is 44.1 Å². The Labute approximate surface area is 146 Å². The Morgan fingerprint density at radius 3 is 2.96 bits per heavy atom. The number of Topliss-reactive ketones (excluding diaryl/α,β-unsaturated/α-hetero) is 1. The third-order valence-corrected chi connectivity index (χ3v) is 6.31. The van der Waals surface area contributed by atoms with E-state index >= 15 is 0 Å². The van der Waals surface area contributed by atoms with Crippen molar-refractivity contribution in [3.63, 3.8) is 0 Å². The molecule has 1 aliphatic carbocycles. The normalized spacial score (nSPS) is 22.7. The number of carbonyl (C=O) groups is 2. The Kier molecular flexibility index (Phi) is 5.56. The Balaban J connectivity index is 1.54. The van der Waals surface area contributed by atoms with Gasteiger partial charge in [0.15, 0.2) is 5.78 Å².